The molecule has 0 radical (unpaired) electrons. The highest BCUT2D eigenvalue weighted by Gasteiger charge is 2.10. The number of hydrogen-bond acceptors (Lipinski definition) is 1. The van der Waals surface area contributed by atoms with Crippen molar-refractivity contribution in [3.05, 3.63) is 0 Å². The molecule has 1 aliphatic rings. The second-order valence-electron chi connectivity index (χ2n) is 2.11. The van der Waals surface area contributed by atoms with E-state index in [-0.39, 0.29) is 6.10 Å². The first kappa shape index (κ1) is 5.06. The van der Waals surface area contributed by atoms with E-state index in [0.717, 1.165) is 13.0 Å². The van der Waals surface area contributed by atoms with E-state index in [4.69, 9.17) is 5.11 Å². The van der Waals surface area contributed by atoms with Crippen molar-refractivity contribution in [3.8, 4) is 0 Å². The van der Waals surface area contributed by atoms with Gasteiger partial charge in [0.25, 0.3) is 0 Å². The second kappa shape index (κ2) is 2.28. The predicted molar refractivity (Wildman–Crippen MR) is 26.9 cm³/mol. The SMILES string of the molecule is O[C@H]1CCC[NH2+]C1. The molecule has 0 aromatic carbocycles. The quantitative estimate of drug-likeness (QED) is 0.392. The minimum absolute atomic E-state index is 0.0197. The minimum Gasteiger partial charge on any atom is -0.387 e. The van der Waals surface area contributed by atoms with Crippen molar-refractivity contribution in [2.45, 2.75) is 18.9 Å². The number of piperidine rings is 1. The van der Waals surface area contributed by atoms with Crippen LogP contribution in [-0.4, -0.2) is 24.3 Å². The molecule has 0 aromatic heterocycles. The third kappa shape index (κ3) is 1.45. The standard InChI is InChI=1S/C5H11NO/c7-5-2-1-3-6-4-5/h5-7H,1-4H2/p+1/t5-/m0/s1. The van der Waals surface area contributed by atoms with E-state index in [1.807, 2.05) is 0 Å². The molecule has 0 aliphatic carbocycles. The van der Waals surface area contributed by atoms with Crippen LogP contribution in [0.5, 0.6) is 0 Å². The van der Waals surface area contributed by atoms with Crippen molar-refractivity contribution < 1.29 is 10.4 Å². The van der Waals surface area contributed by atoms with Gasteiger partial charge in [0.1, 0.15) is 12.6 Å². The molecule has 2 nitrogen and oxygen atoms in total. The van der Waals surface area contributed by atoms with Gasteiger partial charge in [-0.25, -0.2) is 0 Å². The number of quaternary nitrogens is 1. The molecular formula is C5H12NO+. The van der Waals surface area contributed by atoms with Gasteiger partial charge in [-0.15, -0.1) is 0 Å². The molecule has 0 aromatic rings. The van der Waals surface area contributed by atoms with Crippen molar-refractivity contribution in [1.29, 1.82) is 0 Å². The normalized spacial score (nSPS) is 33.0. The molecule has 42 valence electrons. The fourth-order valence-electron chi connectivity index (χ4n) is 0.926. The Labute approximate surface area is 43.5 Å². The molecule has 3 N–H and O–H groups in total. The van der Waals surface area contributed by atoms with Gasteiger partial charge in [0.2, 0.25) is 0 Å². The van der Waals surface area contributed by atoms with E-state index < -0.39 is 0 Å². The number of aliphatic hydroxyl groups is 1. The Balaban J connectivity index is 2.12. The summed E-state index contributed by atoms with van der Waals surface area (Å²) in [6.45, 7) is 2.12. The molecule has 0 spiro atoms. The van der Waals surface area contributed by atoms with E-state index in [1.54, 1.807) is 0 Å². The maximum absolute atomic E-state index is 8.88. The highest BCUT2D eigenvalue weighted by atomic mass is 16.3. The summed E-state index contributed by atoms with van der Waals surface area (Å²) in [6, 6.07) is 0. The van der Waals surface area contributed by atoms with E-state index in [1.165, 1.54) is 13.0 Å². The van der Waals surface area contributed by atoms with Gasteiger partial charge in [-0.1, -0.05) is 0 Å². The van der Waals surface area contributed by atoms with Gasteiger partial charge in [0.05, 0.1) is 6.54 Å². The molecule has 0 saturated carbocycles. The Bertz CT molecular complexity index is 50.0. The van der Waals surface area contributed by atoms with Gasteiger partial charge < -0.3 is 10.4 Å². The smallest absolute Gasteiger partial charge is 0.103 e. The van der Waals surface area contributed by atoms with Crippen LogP contribution in [0.4, 0.5) is 0 Å². The van der Waals surface area contributed by atoms with Crippen LogP contribution in [0.3, 0.4) is 0 Å². The van der Waals surface area contributed by atoms with Crippen LogP contribution in [0, 0.1) is 0 Å². The van der Waals surface area contributed by atoms with Gasteiger partial charge >= 0.3 is 0 Å². The van der Waals surface area contributed by atoms with E-state index in [9.17, 15) is 0 Å². The average Bonchev–Trinajstić information content (AvgIpc) is 1.69. The molecule has 1 rings (SSSR count). The topological polar surface area (TPSA) is 36.8 Å². The zero-order valence-corrected chi connectivity index (χ0v) is 4.43. The lowest BCUT2D eigenvalue weighted by Crippen LogP contribution is -2.88. The van der Waals surface area contributed by atoms with Gasteiger partial charge in [-0.3, -0.25) is 0 Å². The first-order valence-corrected chi connectivity index (χ1v) is 2.89. The summed E-state index contributed by atoms with van der Waals surface area (Å²) in [5.41, 5.74) is 0. The predicted octanol–water partition coefficient (Wildman–Crippen LogP) is -1.30. The van der Waals surface area contributed by atoms with Crippen LogP contribution in [0.15, 0.2) is 0 Å². The van der Waals surface area contributed by atoms with Gasteiger partial charge in [-0.2, -0.15) is 0 Å². The summed E-state index contributed by atoms with van der Waals surface area (Å²) >= 11 is 0. The molecule has 1 fully saturated rings. The highest BCUT2D eigenvalue weighted by molar-refractivity contribution is 4.54. The number of rotatable bonds is 0. The maximum Gasteiger partial charge on any atom is 0.103 e. The average molecular weight is 102 g/mol. The summed E-state index contributed by atoms with van der Waals surface area (Å²) < 4.78 is 0. The van der Waals surface area contributed by atoms with Gasteiger partial charge in [0, 0.05) is 0 Å². The lowest BCUT2D eigenvalue weighted by Gasteiger charge is -2.13. The molecule has 1 heterocycles. The molecule has 0 bridgehead atoms. The first-order valence-electron chi connectivity index (χ1n) is 2.89. The summed E-state index contributed by atoms with van der Waals surface area (Å²) in [4.78, 5) is 0. The number of hydrogen-bond donors (Lipinski definition) is 2. The molecular weight excluding hydrogens is 90.1 g/mol. The molecule has 1 atom stereocenters. The Morgan fingerprint density at radius 2 is 2.43 bits per heavy atom. The van der Waals surface area contributed by atoms with Crippen LogP contribution in [-0.2, 0) is 0 Å². The molecule has 1 saturated heterocycles. The fraction of sp³-hybridized carbons (Fsp3) is 1.00. The minimum atomic E-state index is -0.0197. The van der Waals surface area contributed by atoms with Gasteiger partial charge in [0.15, 0.2) is 0 Å². The van der Waals surface area contributed by atoms with Crippen molar-refractivity contribution >= 4 is 0 Å². The van der Waals surface area contributed by atoms with Gasteiger partial charge in [-0.05, 0) is 12.8 Å². The summed E-state index contributed by atoms with van der Waals surface area (Å²) in [7, 11) is 0. The Morgan fingerprint density at radius 1 is 1.57 bits per heavy atom. The van der Waals surface area contributed by atoms with Crippen LogP contribution in [0.25, 0.3) is 0 Å². The van der Waals surface area contributed by atoms with Crippen molar-refractivity contribution in [1.82, 2.24) is 0 Å². The van der Waals surface area contributed by atoms with Crippen LogP contribution in [0.2, 0.25) is 0 Å². The summed E-state index contributed by atoms with van der Waals surface area (Å²) in [5.74, 6) is 0. The van der Waals surface area contributed by atoms with Crippen molar-refractivity contribution in [2.24, 2.45) is 0 Å². The lowest BCUT2D eigenvalue weighted by molar-refractivity contribution is -0.669. The molecule has 0 unspecified atom stereocenters. The second-order valence-corrected chi connectivity index (χ2v) is 2.11. The summed E-state index contributed by atoms with van der Waals surface area (Å²) in [6.07, 6.45) is 2.17. The number of nitrogens with two attached hydrogens (primary N) is 1. The maximum atomic E-state index is 8.88. The monoisotopic (exact) mass is 102 g/mol. The molecule has 0 amide bonds. The zero-order chi connectivity index (χ0) is 5.11. The van der Waals surface area contributed by atoms with Crippen LogP contribution in [0.1, 0.15) is 12.8 Å². The van der Waals surface area contributed by atoms with Crippen molar-refractivity contribution in [2.75, 3.05) is 13.1 Å². The Hall–Kier alpha value is -0.0800. The highest BCUT2D eigenvalue weighted by Crippen LogP contribution is 1.94. The summed E-state index contributed by atoms with van der Waals surface area (Å²) in [5, 5.41) is 11.0. The van der Waals surface area contributed by atoms with Crippen molar-refractivity contribution in [3.63, 3.8) is 0 Å². The van der Waals surface area contributed by atoms with Crippen LogP contribution < -0.4 is 5.32 Å². The van der Waals surface area contributed by atoms with E-state index >= 15 is 0 Å². The van der Waals surface area contributed by atoms with E-state index in [0.29, 0.717) is 0 Å². The third-order valence-corrected chi connectivity index (χ3v) is 1.38. The largest absolute Gasteiger partial charge is 0.387 e. The Kier molecular flexibility index (Phi) is 1.65. The fourth-order valence-corrected chi connectivity index (χ4v) is 0.926. The Morgan fingerprint density at radius 3 is 2.71 bits per heavy atom. The third-order valence-electron chi connectivity index (χ3n) is 1.38. The zero-order valence-electron chi connectivity index (χ0n) is 4.43. The molecule has 1 aliphatic heterocycles. The first-order chi connectivity index (χ1) is 3.39. The van der Waals surface area contributed by atoms with E-state index in [2.05, 4.69) is 5.32 Å². The lowest BCUT2D eigenvalue weighted by atomic mass is 10.1. The molecule has 2 heteroatoms. The molecule has 7 heavy (non-hydrogen) atoms. The number of aliphatic hydroxyl groups excluding tert-OH is 1. The van der Waals surface area contributed by atoms with Crippen LogP contribution >= 0.6 is 0 Å².